The zero-order valence-corrected chi connectivity index (χ0v) is 17.3. The Kier molecular flexibility index (Phi) is 5.87. The van der Waals surface area contributed by atoms with Gasteiger partial charge in [-0.1, -0.05) is 30.3 Å². The summed E-state index contributed by atoms with van der Waals surface area (Å²) in [4.78, 5) is 41.5. The molecule has 0 aliphatic carbocycles. The number of nitrogens with zero attached hydrogens (tertiary/aromatic N) is 4. The Labute approximate surface area is 179 Å². The van der Waals surface area contributed by atoms with E-state index in [0.717, 1.165) is 11.3 Å². The Hall–Kier alpha value is -3.50. The van der Waals surface area contributed by atoms with Crippen molar-refractivity contribution < 1.29 is 14.3 Å². The van der Waals surface area contributed by atoms with Gasteiger partial charge < -0.3 is 4.74 Å². The number of carbonyl (C=O) groups excluding carboxylic acids is 2. The summed E-state index contributed by atoms with van der Waals surface area (Å²) in [6, 6.07) is 11.3. The Balaban J connectivity index is 1.36. The molecule has 0 aliphatic rings. The fraction of sp³-hybridized carbons (Fsp3) is 0.100. The number of anilines is 1. The number of hydrogen-bond acceptors (Lipinski definition) is 9. The first kappa shape index (κ1) is 19.8. The Bertz CT molecular complexity index is 1160. The quantitative estimate of drug-likeness (QED) is 0.456. The van der Waals surface area contributed by atoms with Gasteiger partial charge in [-0.2, -0.15) is 0 Å². The van der Waals surface area contributed by atoms with E-state index in [-0.39, 0.29) is 5.69 Å². The number of thiazole rings is 2. The smallest absolute Gasteiger partial charge is 0.358 e. The fourth-order valence-electron chi connectivity index (χ4n) is 2.43. The summed E-state index contributed by atoms with van der Waals surface area (Å²) < 4.78 is 5.24. The van der Waals surface area contributed by atoms with E-state index >= 15 is 0 Å². The first-order valence-electron chi connectivity index (χ1n) is 8.86. The van der Waals surface area contributed by atoms with E-state index in [2.05, 4.69) is 25.3 Å². The molecule has 0 saturated heterocycles. The molecule has 8 nitrogen and oxygen atoms in total. The molecule has 1 amide bonds. The molecular weight excluding hydrogens is 422 g/mol. The summed E-state index contributed by atoms with van der Waals surface area (Å²) in [6.45, 7) is 1.49. The number of amides is 1. The topological polar surface area (TPSA) is 107 Å². The molecule has 1 atom stereocenters. The molecule has 0 bridgehead atoms. The van der Waals surface area contributed by atoms with Gasteiger partial charge in [0.1, 0.15) is 0 Å². The number of aromatic nitrogens is 4. The number of rotatable bonds is 6. The van der Waals surface area contributed by atoms with Gasteiger partial charge in [-0.05, 0) is 13.0 Å². The van der Waals surface area contributed by atoms with E-state index < -0.39 is 18.0 Å². The molecule has 0 radical (unpaired) electrons. The summed E-state index contributed by atoms with van der Waals surface area (Å²) in [5.74, 6) is -0.746. The van der Waals surface area contributed by atoms with Crippen LogP contribution >= 0.6 is 22.7 Å². The molecule has 1 aromatic carbocycles. The van der Waals surface area contributed by atoms with E-state index in [9.17, 15) is 9.59 Å². The van der Waals surface area contributed by atoms with E-state index in [1.807, 2.05) is 35.7 Å². The second-order valence-electron chi connectivity index (χ2n) is 6.05. The maximum atomic E-state index is 12.4. The number of esters is 1. The van der Waals surface area contributed by atoms with Crippen molar-refractivity contribution in [1.29, 1.82) is 0 Å². The summed E-state index contributed by atoms with van der Waals surface area (Å²) in [6.07, 6.45) is 2.17. The summed E-state index contributed by atoms with van der Waals surface area (Å²) >= 11 is 2.52. The average Bonchev–Trinajstić information content (AvgIpc) is 3.45. The second-order valence-corrected chi connectivity index (χ2v) is 7.77. The molecule has 0 saturated carbocycles. The molecule has 30 heavy (non-hydrogen) atoms. The van der Waals surface area contributed by atoms with Crippen LogP contribution in [0.4, 0.5) is 5.13 Å². The highest BCUT2D eigenvalue weighted by molar-refractivity contribution is 7.14. The van der Waals surface area contributed by atoms with Crippen LogP contribution in [0.3, 0.4) is 0 Å². The minimum Gasteiger partial charge on any atom is -0.448 e. The molecule has 4 rings (SSSR count). The van der Waals surface area contributed by atoms with Gasteiger partial charge in [0.05, 0.1) is 5.69 Å². The van der Waals surface area contributed by atoms with Gasteiger partial charge in [0.25, 0.3) is 5.91 Å². The van der Waals surface area contributed by atoms with Gasteiger partial charge in [0, 0.05) is 28.7 Å². The number of carbonyl (C=O) groups is 2. The van der Waals surface area contributed by atoms with Crippen LogP contribution in [0.2, 0.25) is 0 Å². The van der Waals surface area contributed by atoms with Gasteiger partial charge >= 0.3 is 5.97 Å². The number of nitrogens with one attached hydrogen (secondary N) is 1. The lowest BCUT2D eigenvalue weighted by Gasteiger charge is -2.11. The zero-order chi connectivity index (χ0) is 20.9. The van der Waals surface area contributed by atoms with E-state index in [1.54, 1.807) is 23.8 Å². The third-order valence-electron chi connectivity index (χ3n) is 3.93. The lowest BCUT2D eigenvalue weighted by Crippen LogP contribution is -2.30. The highest BCUT2D eigenvalue weighted by atomic mass is 32.1. The third-order valence-corrected chi connectivity index (χ3v) is 5.52. The van der Waals surface area contributed by atoms with Crippen molar-refractivity contribution in [3.8, 4) is 22.1 Å². The molecule has 0 fully saturated rings. The molecule has 10 heteroatoms. The molecule has 1 N–H and O–H groups in total. The minimum absolute atomic E-state index is 0.0997. The van der Waals surface area contributed by atoms with Crippen molar-refractivity contribution in [2.24, 2.45) is 0 Å². The normalized spacial score (nSPS) is 11.6. The van der Waals surface area contributed by atoms with Crippen molar-refractivity contribution in [3.63, 3.8) is 0 Å². The summed E-state index contributed by atoms with van der Waals surface area (Å²) in [7, 11) is 0. The molecule has 4 aromatic rings. The van der Waals surface area contributed by atoms with E-state index in [4.69, 9.17) is 4.74 Å². The van der Waals surface area contributed by atoms with Crippen LogP contribution in [0, 0.1) is 0 Å². The predicted molar refractivity (Wildman–Crippen MR) is 114 cm³/mol. The predicted octanol–water partition coefficient (Wildman–Crippen LogP) is 3.91. The van der Waals surface area contributed by atoms with Crippen molar-refractivity contribution in [2.75, 3.05) is 5.32 Å². The highest BCUT2D eigenvalue weighted by Crippen LogP contribution is 2.25. The van der Waals surface area contributed by atoms with Crippen LogP contribution in [0.25, 0.3) is 22.1 Å². The van der Waals surface area contributed by atoms with E-state index in [0.29, 0.717) is 16.0 Å². The fourth-order valence-corrected chi connectivity index (χ4v) is 3.89. The molecular formula is C20H15N5O3S2. The Morgan fingerprint density at radius 1 is 1.00 bits per heavy atom. The lowest BCUT2D eigenvalue weighted by molar-refractivity contribution is -0.123. The maximum absolute atomic E-state index is 12.4. The molecule has 3 heterocycles. The molecule has 0 spiro atoms. The number of benzene rings is 1. The van der Waals surface area contributed by atoms with Crippen LogP contribution in [0.1, 0.15) is 17.4 Å². The monoisotopic (exact) mass is 437 g/mol. The van der Waals surface area contributed by atoms with Crippen LogP contribution in [0.5, 0.6) is 0 Å². The van der Waals surface area contributed by atoms with E-state index in [1.165, 1.54) is 29.6 Å². The second kappa shape index (κ2) is 8.89. The minimum atomic E-state index is -1.01. The number of hydrogen-bond donors (Lipinski definition) is 1. The molecule has 3 aromatic heterocycles. The Morgan fingerprint density at radius 2 is 1.77 bits per heavy atom. The van der Waals surface area contributed by atoms with Gasteiger partial charge in [0.15, 0.2) is 27.8 Å². The van der Waals surface area contributed by atoms with Crippen molar-refractivity contribution in [3.05, 3.63) is 65.2 Å². The first-order chi connectivity index (χ1) is 14.6. The summed E-state index contributed by atoms with van der Waals surface area (Å²) in [5, 5.41) is 7.00. The average molecular weight is 438 g/mol. The van der Waals surface area contributed by atoms with Crippen molar-refractivity contribution in [2.45, 2.75) is 13.0 Å². The maximum Gasteiger partial charge on any atom is 0.358 e. The number of ether oxygens (including phenoxy) is 1. The van der Waals surface area contributed by atoms with Crippen molar-refractivity contribution >= 4 is 39.7 Å². The van der Waals surface area contributed by atoms with Crippen LogP contribution in [0.15, 0.2) is 59.6 Å². The standard InChI is InChI=1S/C20H15N5O3S2/c1-12(17(26)25-20-24-14(10-30-20)13-6-3-2-4-7-13)28-19(27)15-11-29-18(23-15)16-21-8-5-9-22-16/h2-12H,1H3,(H,24,25,26). The largest absolute Gasteiger partial charge is 0.448 e. The van der Waals surface area contributed by atoms with Gasteiger partial charge in [-0.3, -0.25) is 10.1 Å². The summed E-state index contributed by atoms with van der Waals surface area (Å²) in [5.41, 5.74) is 1.82. The lowest BCUT2D eigenvalue weighted by atomic mass is 10.2. The first-order valence-corrected chi connectivity index (χ1v) is 10.6. The molecule has 150 valence electrons. The molecule has 0 aliphatic heterocycles. The van der Waals surface area contributed by atoms with Crippen molar-refractivity contribution in [1.82, 2.24) is 19.9 Å². The van der Waals surface area contributed by atoms with Gasteiger partial charge in [-0.25, -0.2) is 24.7 Å². The Morgan fingerprint density at radius 3 is 2.53 bits per heavy atom. The molecule has 1 unspecified atom stereocenters. The third kappa shape index (κ3) is 4.56. The zero-order valence-electron chi connectivity index (χ0n) is 15.7. The van der Waals surface area contributed by atoms with Crippen LogP contribution in [-0.2, 0) is 9.53 Å². The van der Waals surface area contributed by atoms with Gasteiger partial charge in [0.2, 0.25) is 0 Å². The highest BCUT2D eigenvalue weighted by Gasteiger charge is 2.22. The van der Waals surface area contributed by atoms with Crippen LogP contribution in [-0.4, -0.2) is 37.9 Å². The van der Waals surface area contributed by atoms with Crippen LogP contribution < -0.4 is 5.32 Å². The van der Waals surface area contributed by atoms with Gasteiger partial charge in [-0.15, -0.1) is 22.7 Å². The SMILES string of the molecule is CC(OC(=O)c1csc(-c2ncccn2)n1)C(=O)Nc1nc(-c2ccccc2)cs1.